The molecule has 342 valence electrons. The number of fused-ring (bicyclic) bond motifs is 8. The molecular weight excluding hydrogens is 865 g/mol. The molecule has 2 aromatic heterocycles. The largest absolute Gasteiger partial charge is 0.467 e. The van der Waals surface area contributed by atoms with Gasteiger partial charge in [0.2, 0.25) is 0 Å². The molecule has 14 nitrogen and oxygen atoms in total. The Hall–Kier alpha value is -8.26. The number of rotatable bonds is 15. The zero-order valence-corrected chi connectivity index (χ0v) is 37.2. The van der Waals surface area contributed by atoms with Gasteiger partial charge in [-0.2, -0.15) is 0 Å². The van der Waals surface area contributed by atoms with Crippen molar-refractivity contribution in [1.82, 2.24) is 20.6 Å². The molecule has 0 bridgehead atoms. The first-order valence-corrected chi connectivity index (χ1v) is 22.4. The van der Waals surface area contributed by atoms with Gasteiger partial charge in [0, 0.05) is 35.8 Å². The maximum atomic E-state index is 13.2. The van der Waals surface area contributed by atoms with Crippen LogP contribution in [-0.4, -0.2) is 73.6 Å². The first-order valence-electron chi connectivity index (χ1n) is 22.4. The highest BCUT2D eigenvalue weighted by molar-refractivity contribution is 6.00. The van der Waals surface area contributed by atoms with Crippen molar-refractivity contribution >= 4 is 46.3 Å². The number of aromatic nitrogens is 2. The molecule has 0 fully saturated rings. The summed E-state index contributed by atoms with van der Waals surface area (Å²) in [5.74, 6) is -0.843. The zero-order chi connectivity index (χ0) is 46.7. The summed E-state index contributed by atoms with van der Waals surface area (Å²) < 4.78 is 33.8. The average Bonchev–Trinajstić information content (AvgIpc) is 4.15. The topological polar surface area (TPSA) is 181 Å². The number of nitrogens with zero attached hydrogens (tertiary/aromatic N) is 2. The number of aryl methyl sites for hydroxylation is 2. The summed E-state index contributed by atoms with van der Waals surface area (Å²) in [7, 11) is 2.52. The van der Waals surface area contributed by atoms with Crippen LogP contribution in [0.15, 0.2) is 142 Å². The van der Waals surface area contributed by atoms with Gasteiger partial charge in [0.1, 0.15) is 36.3 Å². The Kier molecular flexibility index (Phi) is 12.1. The Morgan fingerprint density at radius 1 is 0.485 bits per heavy atom. The predicted octanol–water partition coefficient (Wildman–Crippen LogP) is 9.66. The van der Waals surface area contributed by atoms with Gasteiger partial charge < -0.3 is 38.4 Å². The van der Waals surface area contributed by atoms with E-state index in [0.717, 1.165) is 55.6 Å². The summed E-state index contributed by atoms with van der Waals surface area (Å²) in [6.45, 7) is 0.187. The molecule has 6 aromatic carbocycles. The molecule has 0 saturated heterocycles. The zero-order valence-electron chi connectivity index (χ0n) is 37.2. The summed E-state index contributed by atoms with van der Waals surface area (Å²) in [5.41, 5.74) is 12.4. The van der Waals surface area contributed by atoms with E-state index in [-0.39, 0.29) is 50.7 Å². The molecule has 0 aliphatic heterocycles. The first-order chi connectivity index (χ1) is 33.3. The van der Waals surface area contributed by atoms with E-state index in [2.05, 4.69) is 34.9 Å². The molecule has 0 unspecified atom stereocenters. The molecule has 0 radical (unpaired) electrons. The van der Waals surface area contributed by atoms with Gasteiger partial charge in [-0.3, -0.25) is 0 Å². The summed E-state index contributed by atoms with van der Waals surface area (Å²) in [4.78, 5) is 61.8. The van der Waals surface area contributed by atoms with Gasteiger partial charge in [0.15, 0.2) is 22.9 Å². The molecule has 2 aliphatic rings. The van der Waals surface area contributed by atoms with Crippen LogP contribution in [0.5, 0.6) is 0 Å². The molecule has 10 rings (SSSR count). The standard InChI is InChI=1S/C54H46N4O10/c1-63-51(59)43(55-53(61)65-29-41-35-17-7-3-13-31(35)32-14-4-8-18-36(32)41)25-27-47-57-49-39(21-11-23-45(49)67-47)40-22-12-24-46-50(40)58-48(68-46)28-26-44(52(60)64-2)56-54(62)66-30-42-37-19-9-5-15-33(37)34-16-6-10-20-38(34)42/h3-24,41-44H,25-30H2,1-2H3,(H,55,61)(H,56,62)/t43-,44-/m0/s1. The SMILES string of the molecule is COC(=O)[C@H](CCc1nc2c(-c3cccc4oc(CC[C@H](NC(=O)OCC5c6ccccc6-c6ccccc65)C(=O)OC)nc34)cccc2o1)NC(=O)OCC1c2ccccc2-c2ccccc21. The van der Waals surface area contributed by atoms with Crippen molar-refractivity contribution in [1.29, 1.82) is 0 Å². The third-order valence-corrected chi connectivity index (χ3v) is 12.8. The third-order valence-electron chi connectivity index (χ3n) is 12.8. The highest BCUT2D eigenvalue weighted by atomic mass is 16.6. The molecule has 2 N–H and O–H groups in total. The van der Waals surface area contributed by atoms with Crippen LogP contribution in [0, 0.1) is 0 Å². The molecule has 0 spiro atoms. The normalized spacial score (nSPS) is 13.5. The van der Waals surface area contributed by atoms with Crippen LogP contribution < -0.4 is 10.6 Å². The van der Waals surface area contributed by atoms with Crippen molar-refractivity contribution in [3.8, 4) is 33.4 Å². The van der Waals surface area contributed by atoms with Crippen LogP contribution in [0.25, 0.3) is 55.6 Å². The molecule has 14 heteroatoms. The Bertz CT molecular complexity index is 2910. The van der Waals surface area contributed by atoms with Crippen LogP contribution in [0.1, 0.15) is 58.7 Å². The number of hydrogen-bond donors (Lipinski definition) is 2. The number of amides is 2. The van der Waals surface area contributed by atoms with Crippen molar-refractivity contribution < 1.29 is 47.0 Å². The second kappa shape index (κ2) is 18.9. The van der Waals surface area contributed by atoms with E-state index in [4.69, 9.17) is 37.7 Å². The van der Waals surface area contributed by atoms with E-state index in [1.165, 1.54) is 14.2 Å². The number of methoxy groups -OCH3 is 2. The van der Waals surface area contributed by atoms with Gasteiger partial charge in [-0.15, -0.1) is 0 Å². The van der Waals surface area contributed by atoms with E-state index in [9.17, 15) is 19.2 Å². The molecule has 2 aliphatic carbocycles. The lowest BCUT2D eigenvalue weighted by molar-refractivity contribution is -0.144. The maximum Gasteiger partial charge on any atom is 0.407 e. The Balaban J connectivity index is 0.787. The number of para-hydroxylation sites is 2. The number of benzene rings is 6. The number of ether oxygens (including phenoxy) is 4. The van der Waals surface area contributed by atoms with Crippen molar-refractivity contribution in [2.45, 2.75) is 49.6 Å². The minimum absolute atomic E-state index is 0.0936. The third kappa shape index (κ3) is 8.52. The van der Waals surface area contributed by atoms with Crippen molar-refractivity contribution in [3.63, 3.8) is 0 Å². The van der Waals surface area contributed by atoms with Crippen LogP contribution >= 0.6 is 0 Å². The summed E-state index contributed by atoms with van der Waals surface area (Å²) in [6.07, 6.45) is -0.832. The second-order valence-electron chi connectivity index (χ2n) is 16.7. The molecule has 2 amide bonds. The second-order valence-corrected chi connectivity index (χ2v) is 16.7. The smallest absolute Gasteiger partial charge is 0.407 e. The Labute approximate surface area is 390 Å². The number of carbonyl (C=O) groups is 4. The Morgan fingerprint density at radius 3 is 1.18 bits per heavy atom. The summed E-state index contributed by atoms with van der Waals surface area (Å²) in [6, 6.07) is 41.3. The molecule has 2 atom stereocenters. The van der Waals surface area contributed by atoms with Gasteiger partial charge in [0.05, 0.1) is 14.2 Å². The van der Waals surface area contributed by atoms with E-state index in [1.807, 2.05) is 97.1 Å². The highest BCUT2D eigenvalue weighted by Gasteiger charge is 2.32. The first kappa shape index (κ1) is 43.6. The molecule has 0 saturated carbocycles. The lowest BCUT2D eigenvalue weighted by Gasteiger charge is -2.18. The number of esters is 2. The van der Waals surface area contributed by atoms with Crippen LogP contribution in [0.2, 0.25) is 0 Å². The lowest BCUT2D eigenvalue weighted by Crippen LogP contribution is -2.42. The highest BCUT2D eigenvalue weighted by Crippen LogP contribution is 2.46. The molecule has 2 heterocycles. The molecular formula is C54H46N4O10. The summed E-state index contributed by atoms with van der Waals surface area (Å²) >= 11 is 0. The number of alkyl carbamates (subject to hydrolysis) is 2. The van der Waals surface area contributed by atoms with Gasteiger partial charge in [-0.1, -0.05) is 121 Å². The lowest BCUT2D eigenvalue weighted by atomic mass is 9.98. The van der Waals surface area contributed by atoms with Crippen molar-refractivity contribution in [2.75, 3.05) is 27.4 Å². The van der Waals surface area contributed by atoms with Gasteiger partial charge in [-0.25, -0.2) is 29.1 Å². The van der Waals surface area contributed by atoms with Crippen LogP contribution in [0.4, 0.5) is 9.59 Å². The van der Waals surface area contributed by atoms with Crippen molar-refractivity contribution in [2.24, 2.45) is 0 Å². The average molecular weight is 911 g/mol. The molecule has 8 aromatic rings. The fourth-order valence-corrected chi connectivity index (χ4v) is 9.52. The Morgan fingerprint density at radius 2 is 0.824 bits per heavy atom. The number of nitrogens with one attached hydrogen (secondary N) is 2. The van der Waals surface area contributed by atoms with Crippen LogP contribution in [-0.2, 0) is 41.4 Å². The fourth-order valence-electron chi connectivity index (χ4n) is 9.52. The monoisotopic (exact) mass is 910 g/mol. The van der Waals surface area contributed by atoms with Gasteiger partial charge >= 0.3 is 24.1 Å². The summed E-state index contributed by atoms with van der Waals surface area (Å²) in [5, 5.41) is 5.37. The minimum atomic E-state index is -1.03. The number of carbonyl (C=O) groups excluding carboxylic acids is 4. The van der Waals surface area contributed by atoms with Crippen LogP contribution in [0.3, 0.4) is 0 Å². The van der Waals surface area contributed by atoms with E-state index < -0.39 is 36.2 Å². The number of hydrogen-bond acceptors (Lipinski definition) is 12. The van der Waals surface area contributed by atoms with Crippen molar-refractivity contribution in [3.05, 3.63) is 167 Å². The van der Waals surface area contributed by atoms with E-state index in [1.54, 1.807) is 12.1 Å². The van der Waals surface area contributed by atoms with Gasteiger partial charge in [0.25, 0.3) is 0 Å². The quantitative estimate of drug-likeness (QED) is 0.0735. The number of oxazole rings is 2. The predicted molar refractivity (Wildman–Crippen MR) is 252 cm³/mol. The minimum Gasteiger partial charge on any atom is -0.467 e. The van der Waals surface area contributed by atoms with E-state index in [0.29, 0.717) is 34.0 Å². The molecule has 68 heavy (non-hydrogen) atoms. The fraction of sp³-hybridized carbons (Fsp3) is 0.222. The van der Waals surface area contributed by atoms with E-state index >= 15 is 0 Å². The maximum absolute atomic E-state index is 13.2. The van der Waals surface area contributed by atoms with Gasteiger partial charge in [-0.05, 0) is 69.5 Å².